The molecule has 8 aliphatic rings. The van der Waals surface area contributed by atoms with Crippen LogP contribution in [0.25, 0.3) is 5.57 Å². The molecular formula is C34H43FKN3. The maximum absolute atomic E-state index is 13.9. The molecule has 9 rings (SSSR count). The fourth-order valence-electron chi connectivity index (χ4n) is 8.56. The zero-order chi connectivity index (χ0) is 25.5. The van der Waals surface area contributed by atoms with Gasteiger partial charge in [0.05, 0.1) is 5.67 Å². The first-order chi connectivity index (χ1) is 18.5. The molecule has 1 aromatic rings. The van der Waals surface area contributed by atoms with Gasteiger partial charge in [0.25, 0.3) is 0 Å². The summed E-state index contributed by atoms with van der Waals surface area (Å²) in [6.07, 6.45) is 21.4. The van der Waals surface area contributed by atoms with Gasteiger partial charge in [-0.05, 0) is 124 Å². The molecule has 0 amide bonds. The SMILES string of the molecule is C1=C(C2CC2)NC(C23CCC(CC2)C3)C1.CCN(c1cccc(C2=CN=C(C3CC3)C2)c1)[C-]1CC2(F)CC12.[K+]. The van der Waals surface area contributed by atoms with E-state index in [2.05, 4.69) is 52.5 Å². The number of allylic oxidation sites excluding steroid dienone is 2. The Morgan fingerprint density at radius 2 is 1.87 bits per heavy atom. The molecule has 1 aromatic carbocycles. The second-order valence-electron chi connectivity index (χ2n) is 13.9. The molecule has 5 heteroatoms. The van der Waals surface area contributed by atoms with E-state index in [0.717, 1.165) is 48.6 Å². The Balaban J connectivity index is 0.000000137. The van der Waals surface area contributed by atoms with Crippen LogP contribution in [0.15, 0.2) is 47.2 Å². The summed E-state index contributed by atoms with van der Waals surface area (Å²) in [5.74, 6) is 2.97. The summed E-state index contributed by atoms with van der Waals surface area (Å²) in [6.45, 7) is 3.07. The zero-order valence-corrected chi connectivity index (χ0v) is 27.1. The van der Waals surface area contributed by atoms with Gasteiger partial charge in [0.15, 0.2) is 0 Å². The topological polar surface area (TPSA) is 27.6 Å². The third kappa shape index (κ3) is 5.09. The Morgan fingerprint density at radius 3 is 2.49 bits per heavy atom. The van der Waals surface area contributed by atoms with E-state index in [1.165, 1.54) is 92.8 Å². The predicted molar refractivity (Wildman–Crippen MR) is 153 cm³/mol. The minimum absolute atomic E-state index is 0. The molecule has 2 bridgehead atoms. The smallest absolute Gasteiger partial charge is 0.519 e. The van der Waals surface area contributed by atoms with Crippen LogP contribution in [0.5, 0.6) is 0 Å². The van der Waals surface area contributed by atoms with E-state index in [1.54, 1.807) is 5.70 Å². The first-order valence-electron chi connectivity index (χ1n) is 15.7. The number of hydrogen-bond donors (Lipinski definition) is 1. The van der Waals surface area contributed by atoms with Gasteiger partial charge in [-0.15, -0.1) is 12.3 Å². The summed E-state index contributed by atoms with van der Waals surface area (Å²) in [7, 11) is 0. The monoisotopic (exact) mass is 551 g/mol. The Labute approximate surface area is 277 Å². The Hall–Kier alpha value is -0.464. The van der Waals surface area contributed by atoms with Crippen LogP contribution in [0, 0.1) is 35.1 Å². The van der Waals surface area contributed by atoms with Gasteiger partial charge in [0.1, 0.15) is 0 Å². The van der Waals surface area contributed by atoms with E-state index in [4.69, 9.17) is 0 Å². The molecule has 1 N–H and O–H groups in total. The second kappa shape index (κ2) is 10.4. The average molecular weight is 552 g/mol. The van der Waals surface area contributed by atoms with Crippen molar-refractivity contribution in [1.82, 2.24) is 5.32 Å². The van der Waals surface area contributed by atoms with Crippen LogP contribution >= 0.6 is 0 Å². The fraction of sp³-hybridized carbons (Fsp3) is 0.647. The van der Waals surface area contributed by atoms with Crippen molar-refractivity contribution in [3.63, 3.8) is 0 Å². The Bertz CT molecular complexity index is 1200. The maximum atomic E-state index is 13.9. The Kier molecular flexibility index (Phi) is 7.27. The van der Waals surface area contributed by atoms with Crippen molar-refractivity contribution < 1.29 is 55.8 Å². The number of rotatable bonds is 7. The van der Waals surface area contributed by atoms with E-state index < -0.39 is 5.67 Å². The molecule has 39 heavy (non-hydrogen) atoms. The second-order valence-corrected chi connectivity index (χ2v) is 13.9. The van der Waals surface area contributed by atoms with E-state index in [9.17, 15) is 4.39 Å². The van der Waals surface area contributed by atoms with Crippen LogP contribution in [0.2, 0.25) is 0 Å². The summed E-state index contributed by atoms with van der Waals surface area (Å²) < 4.78 is 13.9. The van der Waals surface area contributed by atoms with Crippen molar-refractivity contribution in [2.45, 2.75) is 102 Å². The summed E-state index contributed by atoms with van der Waals surface area (Å²) >= 11 is 0. The van der Waals surface area contributed by atoms with Crippen molar-refractivity contribution in [3.05, 3.63) is 53.8 Å². The molecule has 2 aliphatic heterocycles. The number of nitrogens with one attached hydrogen (secondary N) is 1. The van der Waals surface area contributed by atoms with Gasteiger partial charge < -0.3 is 10.2 Å². The number of alkyl halides is 1. The van der Waals surface area contributed by atoms with Crippen LogP contribution in [0.4, 0.5) is 10.1 Å². The molecule has 3 atom stereocenters. The quantitative estimate of drug-likeness (QED) is 0.382. The van der Waals surface area contributed by atoms with Crippen LogP contribution < -0.4 is 61.6 Å². The molecule has 0 radical (unpaired) electrons. The van der Waals surface area contributed by atoms with E-state index in [0.29, 0.717) is 6.42 Å². The number of aliphatic imine (C=N–C) groups is 1. The number of nitrogens with zero attached hydrogens (tertiary/aromatic N) is 2. The van der Waals surface area contributed by atoms with Gasteiger partial charge in [-0.1, -0.05) is 25.1 Å². The minimum Gasteiger partial charge on any atom is -0.519 e. The number of benzene rings is 1. The molecule has 0 saturated heterocycles. The molecule has 2 heterocycles. The third-order valence-electron chi connectivity index (χ3n) is 11.3. The van der Waals surface area contributed by atoms with Crippen LogP contribution in [0.3, 0.4) is 0 Å². The van der Waals surface area contributed by atoms with Crippen molar-refractivity contribution >= 4 is 17.0 Å². The van der Waals surface area contributed by atoms with E-state index >= 15 is 0 Å². The fourth-order valence-corrected chi connectivity index (χ4v) is 8.56. The summed E-state index contributed by atoms with van der Waals surface area (Å²) in [4.78, 5) is 6.94. The minimum atomic E-state index is -0.846. The number of anilines is 1. The summed E-state index contributed by atoms with van der Waals surface area (Å²) in [5, 5.41) is 3.87. The van der Waals surface area contributed by atoms with Crippen molar-refractivity contribution in [3.8, 4) is 0 Å². The van der Waals surface area contributed by atoms with Gasteiger partial charge >= 0.3 is 51.4 Å². The molecule has 202 valence electrons. The first-order valence-corrected chi connectivity index (χ1v) is 15.7. The van der Waals surface area contributed by atoms with Gasteiger partial charge in [0.2, 0.25) is 0 Å². The maximum Gasteiger partial charge on any atom is 1.00 e. The normalized spacial score (nSPS) is 37.4. The third-order valence-corrected chi connectivity index (χ3v) is 11.3. The van der Waals surface area contributed by atoms with Crippen LogP contribution in [-0.2, 0) is 0 Å². The van der Waals surface area contributed by atoms with Crippen LogP contribution in [0.1, 0.15) is 96.0 Å². The summed E-state index contributed by atoms with van der Waals surface area (Å²) in [5.41, 5.74) is 6.65. The van der Waals surface area contributed by atoms with Crippen LogP contribution in [-0.4, -0.2) is 24.0 Å². The average Bonchev–Trinajstić information content (AvgIpc) is 3.86. The van der Waals surface area contributed by atoms with Gasteiger partial charge in [-0.2, -0.15) is 0 Å². The van der Waals surface area contributed by atoms with Crippen molar-refractivity contribution in [2.24, 2.45) is 34.1 Å². The van der Waals surface area contributed by atoms with Gasteiger partial charge in [-0.3, -0.25) is 4.99 Å². The standard InChI is InChI=1S/C20H22FN2.C14H21N.K/c1-2-23(19-11-20(21)10-17(19)20)16-5-3-4-14(8-16)15-9-18(22-12-15)13-6-7-13;1-2-11(1)12-3-4-13(15-12)14-7-5-10(9-14)6-8-14;/h3-5,8,12-13,17H,2,6-7,9-11H2,1H3;3,10-11,13,15H,1-2,4-9H2;/q-1;;+1. The van der Waals surface area contributed by atoms with Crippen molar-refractivity contribution in [1.29, 1.82) is 0 Å². The molecule has 3 nitrogen and oxygen atoms in total. The zero-order valence-electron chi connectivity index (χ0n) is 24.0. The van der Waals surface area contributed by atoms with Gasteiger partial charge in [-0.25, -0.2) is 10.4 Å². The number of hydrogen-bond acceptors (Lipinski definition) is 3. The Morgan fingerprint density at radius 1 is 1.08 bits per heavy atom. The van der Waals surface area contributed by atoms with Gasteiger partial charge in [0, 0.05) is 35.8 Å². The predicted octanol–water partition coefficient (Wildman–Crippen LogP) is 5.00. The molecule has 6 saturated carbocycles. The van der Waals surface area contributed by atoms with E-state index in [1.807, 2.05) is 6.20 Å². The number of halogens is 1. The molecule has 6 aliphatic carbocycles. The molecule has 0 aromatic heterocycles. The first kappa shape index (κ1) is 27.4. The summed E-state index contributed by atoms with van der Waals surface area (Å²) in [6, 6.07) is 10.8. The number of fused-ring (bicyclic) bond motifs is 3. The molecule has 0 spiro atoms. The largest absolute Gasteiger partial charge is 1.00 e. The van der Waals surface area contributed by atoms with Crippen molar-refractivity contribution in [2.75, 3.05) is 11.4 Å². The van der Waals surface area contributed by atoms with E-state index in [-0.39, 0.29) is 57.3 Å². The molecular weight excluding hydrogens is 508 g/mol. The molecule has 6 fully saturated rings. The molecule has 3 unspecified atom stereocenters.